The number of anilines is 1. The van der Waals surface area contributed by atoms with Crippen molar-refractivity contribution in [1.29, 1.82) is 0 Å². The van der Waals surface area contributed by atoms with Crippen molar-refractivity contribution < 1.29 is 9.90 Å². The summed E-state index contributed by atoms with van der Waals surface area (Å²) in [4.78, 5) is 14.1. The minimum absolute atomic E-state index is 0.186. The topological polar surface area (TPSA) is 40.5 Å². The predicted octanol–water partition coefficient (Wildman–Crippen LogP) is 2.60. The van der Waals surface area contributed by atoms with E-state index >= 15 is 0 Å². The summed E-state index contributed by atoms with van der Waals surface area (Å²) in [5.74, 6) is -0.186. The third-order valence-electron chi connectivity index (χ3n) is 3.25. The van der Waals surface area contributed by atoms with Crippen molar-refractivity contribution in [2.24, 2.45) is 0 Å². The zero-order valence-electron chi connectivity index (χ0n) is 11.8. The summed E-state index contributed by atoms with van der Waals surface area (Å²) in [5, 5.41) is 10.0. The van der Waals surface area contributed by atoms with Crippen molar-refractivity contribution in [3.63, 3.8) is 0 Å². The SMILES string of the molecule is CN(C)c1ccc(CC(=O)C(O)c2ccccc2)cc1. The van der Waals surface area contributed by atoms with Gasteiger partial charge in [-0.2, -0.15) is 0 Å². The molecule has 1 N–H and O–H groups in total. The highest BCUT2D eigenvalue weighted by Gasteiger charge is 2.17. The van der Waals surface area contributed by atoms with E-state index in [0.29, 0.717) is 5.56 Å². The third-order valence-corrected chi connectivity index (χ3v) is 3.25. The van der Waals surface area contributed by atoms with Gasteiger partial charge < -0.3 is 10.0 Å². The highest BCUT2D eigenvalue weighted by Crippen LogP contribution is 2.17. The molecule has 0 amide bonds. The van der Waals surface area contributed by atoms with Crippen LogP contribution in [0.15, 0.2) is 54.6 Å². The van der Waals surface area contributed by atoms with Crippen LogP contribution >= 0.6 is 0 Å². The van der Waals surface area contributed by atoms with Crippen LogP contribution < -0.4 is 4.90 Å². The molecule has 1 atom stereocenters. The molecule has 20 heavy (non-hydrogen) atoms. The second-order valence-electron chi connectivity index (χ2n) is 5.02. The fraction of sp³-hybridized carbons (Fsp3) is 0.235. The summed E-state index contributed by atoms with van der Waals surface area (Å²) < 4.78 is 0. The summed E-state index contributed by atoms with van der Waals surface area (Å²) in [6, 6.07) is 16.8. The van der Waals surface area contributed by atoms with Crippen LogP contribution in [0.1, 0.15) is 17.2 Å². The van der Waals surface area contributed by atoms with Gasteiger partial charge in [0.05, 0.1) is 0 Å². The highest BCUT2D eigenvalue weighted by molar-refractivity contribution is 5.86. The van der Waals surface area contributed by atoms with Crippen LogP contribution in [0.3, 0.4) is 0 Å². The molecule has 104 valence electrons. The zero-order valence-corrected chi connectivity index (χ0v) is 11.8. The standard InChI is InChI=1S/C17H19NO2/c1-18(2)15-10-8-13(9-11-15)12-16(19)17(20)14-6-4-3-5-7-14/h3-11,17,20H,12H2,1-2H3. The van der Waals surface area contributed by atoms with E-state index in [9.17, 15) is 9.90 Å². The van der Waals surface area contributed by atoms with Gasteiger partial charge in [0.25, 0.3) is 0 Å². The van der Waals surface area contributed by atoms with E-state index < -0.39 is 6.10 Å². The van der Waals surface area contributed by atoms with Crippen molar-refractivity contribution in [3.8, 4) is 0 Å². The fourth-order valence-electron chi connectivity index (χ4n) is 2.03. The second kappa shape index (κ2) is 6.35. The van der Waals surface area contributed by atoms with Gasteiger partial charge in [0.1, 0.15) is 6.10 Å². The first-order valence-corrected chi connectivity index (χ1v) is 6.60. The lowest BCUT2D eigenvalue weighted by Crippen LogP contribution is -2.14. The van der Waals surface area contributed by atoms with Gasteiger partial charge in [-0.25, -0.2) is 0 Å². The molecule has 0 aromatic heterocycles. The van der Waals surface area contributed by atoms with E-state index in [0.717, 1.165) is 11.3 Å². The lowest BCUT2D eigenvalue weighted by Gasteiger charge is -2.13. The summed E-state index contributed by atoms with van der Waals surface area (Å²) >= 11 is 0. The lowest BCUT2D eigenvalue weighted by atomic mass is 10.00. The molecule has 0 aliphatic carbocycles. The summed E-state index contributed by atoms with van der Waals surface area (Å²) in [5.41, 5.74) is 2.64. The van der Waals surface area contributed by atoms with Crippen LogP contribution in [0, 0.1) is 0 Å². The first kappa shape index (κ1) is 14.3. The minimum atomic E-state index is -1.05. The van der Waals surface area contributed by atoms with E-state index in [4.69, 9.17) is 0 Å². The molecule has 0 saturated heterocycles. The maximum absolute atomic E-state index is 12.1. The maximum Gasteiger partial charge on any atom is 0.170 e. The second-order valence-corrected chi connectivity index (χ2v) is 5.02. The van der Waals surface area contributed by atoms with E-state index in [1.165, 1.54) is 0 Å². The highest BCUT2D eigenvalue weighted by atomic mass is 16.3. The van der Waals surface area contributed by atoms with Gasteiger partial charge in [-0.15, -0.1) is 0 Å². The number of ketones is 1. The Hall–Kier alpha value is -2.13. The van der Waals surface area contributed by atoms with Crippen molar-refractivity contribution >= 4 is 11.5 Å². The first-order valence-electron chi connectivity index (χ1n) is 6.60. The van der Waals surface area contributed by atoms with Crippen LogP contribution in [-0.2, 0) is 11.2 Å². The number of Topliss-reactive ketones (excluding diaryl/α,β-unsaturated/α-hetero) is 1. The molecular weight excluding hydrogens is 250 g/mol. The Morgan fingerprint density at radius 3 is 2.20 bits per heavy atom. The normalized spacial score (nSPS) is 11.9. The minimum Gasteiger partial charge on any atom is -0.381 e. The predicted molar refractivity (Wildman–Crippen MR) is 80.9 cm³/mol. The molecule has 2 aromatic rings. The average Bonchev–Trinajstić information content (AvgIpc) is 2.48. The number of hydrogen-bond donors (Lipinski definition) is 1. The molecule has 0 radical (unpaired) electrons. The first-order chi connectivity index (χ1) is 9.58. The van der Waals surface area contributed by atoms with Crippen molar-refractivity contribution in [1.82, 2.24) is 0 Å². The Kier molecular flexibility index (Phi) is 4.53. The molecule has 0 fully saturated rings. The number of aliphatic hydroxyl groups excluding tert-OH is 1. The van der Waals surface area contributed by atoms with Gasteiger partial charge in [-0.05, 0) is 23.3 Å². The molecule has 0 aliphatic heterocycles. The molecule has 0 aliphatic rings. The van der Waals surface area contributed by atoms with Gasteiger partial charge in [-0.3, -0.25) is 4.79 Å². The van der Waals surface area contributed by atoms with Gasteiger partial charge in [0, 0.05) is 26.2 Å². The third kappa shape index (κ3) is 3.45. The van der Waals surface area contributed by atoms with Crippen LogP contribution in [-0.4, -0.2) is 25.0 Å². The average molecular weight is 269 g/mol. The van der Waals surface area contributed by atoms with E-state index in [2.05, 4.69) is 0 Å². The summed E-state index contributed by atoms with van der Waals surface area (Å²) in [6.45, 7) is 0. The molecule has 1 unspecified atom stereocenters. The van der Waals surface area contributed by atoms with Crippen molar-refractivity contribution in [3.05, 3.63) is 65.7 Å². The monoisotopic (exact) mass is 269 g/mol. The molecular formula is C17H19NO2. The number of nitrogens with zero attached hydrogens (tertiary/aromatic N) is 1. The van der Waals surface area contributed by atoms with Gasteiger partial charge in [-0.1, -0.05) is 42.5 Å². The van der Waals surface area contributed by atoms with E-state index in [1.54, 1.807) is 12.1 Å². The number of rotatable bonds is 5. The van der Waals surface area contributed by atoms with Crippen molar-refractivity contribution in [2.75, 3.05) is 19.0 Å². The Morgan fingerprint density at radius 2 is 1.65 bits per heavy atom. The maximum atomic E-state index is 12.1. The summed E-state index contributed by atoms with van der Waals surface area (Å²) in [7, 11) is 3.94. The molecule has 0 spiro atoms. The van der Waals surface area contributed by atoms with E-state index in [1.807, 2.05) is 61.5 Å². The van der Waals surface area contributed by atoms with Crippen LogP contribution in [0.5, 0.6) is 0 Å². The molecule has 2 rings (SSSR count). The fourth-order valence-corrected chi connectivity index (χ4v) is 2.03. The van der Waals surface area contributed by atoms with E-state index in [-0.39, 0.29) is 12.2 Å². The van der Waals surface area contributed by atoms with Gasteiger partial charge in [0.2, 0.25) is 0 Å². The Balaban J connectivity index is 2.04. The van der Waals surface area contributed by atoms with Crippen LogP contribution in [0.4, 0.5) is 5.69 Å². The number of aliphatic hydroxyl groups is 1. The molecule has 2 aromatic carbocycles. The molecule has 0 saturated carbocycles. The number of carbonyl (C=O) groups is 1. The van der Waals surface area contributed by atoms with Crippen LogP contribution in [0.2, 0.25) is 0 Å². The van der Waals surface area contributed by atoms with Crippen LogP contribution in [0.25, 0.3) is 0 Å². The number of hydrogen-bond acceptors (Lipinski definition) is 3. The Bertz CT molecular complexity index is 561. The largest absolute Gasteiger partial charge is 0.381 e. The quantitative estimate of drug-likeness (QED) is 0.907. The Labute approximate surface area is 119 Å². The molecule has 0 heterocycles. The molecule has 3 heteroatoms. The van der Waals surface area contributed by atoms with Gasteiger partial charge >= 0.3 is 0 Å². The van der Waals surface area contributed by atoms with Gasteiger partial charge in [0.15, 0.2) is 5.78 Å². The summed E-state index contributed by atoms with van der Waals surface area (Å²) in [6.07, 6.45) is -0.811. The zero-order chi connectivity index (χ0) is 14.5. The van der Waals surface area contributed by atoms with Crippen molar-refractivity contribution in [2.45, 2.75) is 12.5 Å². The number of carbonyl (C=O) groups excluding carboxylic acids is 1. The number of benzene rings is 2. The lowest BCUT2D eigenvalue weighted by molar-refractivity contribution is -0.126. The Morgan fingerprint density at radius 1 is 1.05 bits per heavy atom. The smallest absolute Gasteiger partial charge is 0.170 e. The molecule has 3 nitrogen and oxygen atoms in total. The molecule has 0 bridgehead atoms.